The van der Waals surface area contributed by atoms with E-state index in [9.17, 15) is 0 Å². The van der Waals surface area contributed by atoms with Gasteiger partial charge in [0, 0.05) is 11.8 Å². The van der Waals surface area contributed by atoms with Crippen LogP contribution in [0.2, 0.25) is 0 Å². The summed E-state index contributed by atoms with van der Waals surface area (Å²) in [6.07, 6.45) is 3.50. The van der Waals surface area contributed by atoms with Gasteiger partial charge in [0.25, 0.3) is 0 Å². The topological polar surface area (TPSA) is 47.3 Å². The van der Waals surface area contributed by atoms with Crippen LogP contribution in [0.3, 0.4) is 0 Å². The first kappa shape index (κ1) is 12.1. The first-order chi connectivity index (χ1) is 8.22. The Balaban J connectivity index is 2.15. The van der Waals surface area contributed by atoms with Crippen molar-refractivity contribution in [3.05, 3.63) is 46.2 Å². The average molecular weight is 297 g/mol. The summed E-state index contributed by atoms with van der Waals surface area (Å²) < 4.78 is 7.88. The van der Waals surface area contributed by atoms with Gasteiger partial charge < -0.3 is 9.84 Å². The number of benzene rings is 1. The van der Waals surface area contributed by atoms with E-state index in [1.165, 1.54) is 0 Å². The van der Waals surface area contributed by atoms with E-state index in [2.05, 4.69) is 21.0 Å². The maximum absolute atomic E-state index is 8.95. The Morgan fingerprint density at radius 3 is 2.82 bits per heavy atom. The molecule has 0 saturated heterocycles. The molecule has 4 nitrogen and oxygen atoms in total. The lowest BCUT2D eigenvalue weighted by atomic mass is 10.2. The van der Waals surface area contributed by atoms with Gasteiger partial charge in [-0.15, -0.1) is 0 Å². The Labute approximate surface area is 108 Å². The van der Waals surface area contributed by atoms with E-state index < -0.39 is 0 Å². The third kappa shape index (κ3) is 2.87. The van der Waals surface area contributed by atoms with Crippen LogP contribution in [0.25, 0.3) is 0 Å². The van der Waals surface area contributed by atoms with Crippen LogP contribution >= 0.6 is 15.9 Å². The molecule has 0 atom stereocenters. The number of nitrogens with zero attached hydrogens (tertiary/aromatic N) is 2. The van der Waals surface area contributed by atoms with E-state index in [4.69, 9.17) is 9.84 Å². The molecule has 2 rings (SSSR count). The molecule has 0 aliphatic rings. The van der Waals surface area contributed by atoms with Crippen molar-refractivity contribution in [3.63, 3.8) is 0 Å². The van der Waals surface area contributed by atoms with Crippen molar-refractivity contribution in [2.24, 2.45) is 0 Å². The monoisotopic (exact) mass is 296 g/mol. The molecule has 90 valence electrons. The first-order valence-electron chi connectivity index (χ1n) is 5.17. The van der Waals surface area contributed by atoms with Crippen LogP contribution in [-0.2, 0) is 13.2 Å². The van der Waals surface area contributed by atoms with Crippen LogP contribution < -0.4 is 4.74 Å². The molecule has 0 bridgehead atoms. The van der Waals surface area contributed by atoms with Crippen molar-refractivity contribution in [1.82, 2.24) is 9.78 Å². The number of rotatable bonds is 4. The molecule has 2 aromatic rings. The van der Waals surface area contributed by atoms with E-state index in [1.54, 1.807) is 18.0 Å². The minimum absolute atomic E-state index is 0.0201. The van der Waals surface area contributed by atoms with Crippen LogP contribution in [-0.4, -0.2) is 22.0 Å². The number of hydrogen-bond donors (Lipinski definition) is 1. The SMILES string of the molecule is COc1ccc(Cn2cc(CO)cn2)cc1Br. The zero-order valence-electron chi connectivity index (χ0n) is 9.43. The van der Waals surface area contributed by atoms with Crippen molar-refractivity contribution in [1.29, 1.82) is 0 Å². The third-order valence-electron chi connectivity index (χ3n) is 2.43. The van der Waals surface area contributed by atoms with Gasteiger partial charge in [0.2, 0.25) is 0 Å². The summed E-state index contributed by atoms with van der Waals surface area (Å²) in [5.74, 6) is 0.810. The van der Waals surface area contributed by atoms with E-state index in [-0.39, 0.29) is 6.61 Å². The standard InChI is InChI=1S/C12H13BrN2O2/c1-17-12-3-2-9(4-11(12)13)6-15-7-10(8-16)5-14-15/h2-5,7,16H,6,8H2,1H3. The Hall–Kier alpha value is -1.33. The van der Waals surface area contributed by atoms with E-state index in [0.717, 1.165) is 21.3 Å². The fourth-order valence-corrected chi connectivity index (χ4v) is 2.16. The maximum Gasteiger partial charge on any atom is 0.133 e. The number of methoxy groups -OCH3 is 1. The van der Waals surface area contributed by atoms with Crippen molar-refractivity contribution >= 4 is 15.9 Å². The van der Waals surface area contributed by atoms with Gasteiger partial charge in [-0.1, -0.05) is 6.07 Å². The number of hydrogen-bond acceptors (Lipinski definition) is 3. The van der Waals surface area contributed by atoms with Gasteiger partial charge in [0.1, 0.15) is 5.75 Å². The predicted molar refractivity (Wildman–Crippen MR) is 67.9 cm³/mol. The second-order valence-corrected chi connectivity index (χ2v) is 4.53. The van der Waals surface area contributed by atoms with Crippen LogP contribution in [0.4, 0.5) is 0 Å². The van der Waals surface area contributed by atoms with Gasteiger partial charge in [0.05, 0.1) is 30.9 Å². The van der Waals surface area contributed by atoms with Crippen molar-refractivity contribution in [3.8, 4) is 5.75 Å². The van der Waals surface area contributed by atoms with E-state index in [0.29, 0.717) is 6.54 Å². The molecule has 5 heteroatoms. The number of ether oxygens (including phenoxy) is 1. The summed E-state index contributed by atoms with van der Waals surface area (Å²) in [4.78, 5) is 0. The summed E-state index contributed by atoms with van der Waals surface area (Å²) in [7, 11) is 1.64. The lowest BCUT2D eigenvalue weighted by Gasteiger charge is -2.06. The molecule has 0 unspecified atom stereocenters. The minimum Gasteiger partial charge on any atom is -0.496 e. The molecule has 1 aromatic heterocycles. The van der Waals surface area contributed by atoms with Gasteiger partial charge in [-0.3, -0.25) is 4.68 Å². The Morgan fingerprint density at radius 2 is 2.24 bits per heavy atom. The summed E-state index contributed by atoms with van der Waals surface area (Å²) in [6.45, 7) is 0.689. The van der Waals surface area contributed by atoms with Crippen LogP contribution in [0.1, 0.15) is 11.1 Å². The number of aliphatic hydroxyl groups excluding tert-OH is 1. The summed E-state index contributed by atoms with van der Waals surface area (Å²) in [5, 5.41) is 13.1. The average Bonchev–Trinajstić information content (AvgIpc) is 2.77. The maximum atomic E-state index is 8.95. The van der Waals surface area contributed by atoms with Gasteiger partial charge in [-0.05, 0) is 33.6 Å². The molecule has 0 radical (unpaired) electrons. The number of aromatic nitrogens is 2. The molecular formula is C12H13BrN2O2. The lowest BCUT2D eigenvalue weighted by molar-refractivity contribution is 0.281. The Kier molecular flexibility index (Phi) is 3.81. The van der Waals surface area contributed by atoms with Gasteiger partial charge >= 0.3 is 0 Å². The lowest BCUT2D eigenvalue weighted by Crippen LogP contribution is -2.00. The minimum atomic E-state index is 0.0201. The normalized spacial score (nSPS) is 10.5. The van der Waals surface area contributed by atoms with Gasteiger partial charge in [-0.2, -0.15) is 5.10 Å². The summed E-state index contributed by atoms with van der Waals surface area (Å²) in [5.41, 5.74) is 1.93. The van der Waals surface area contributed by atoms with Gasteiger partial charge in [-0.25, -0.2) is 0 Å². The highest BCUT2D eigenvalue weighted by atomic mass is 79.9. The van der Waals surface area contributed by atoms with E-state index in [1.807, 2.05) is 24.4 Å². The third-order valence-corrected chi connectivity index (χ3v) is 3.05. The Morgan fingerprint density at radius 1 is 1.41 bits per heavy atom. The highest BCUT2D eigenvalue weighted by Crippen LogP contribution is 2.25. The fourth-order valence-electron chi connectivity index (χ4n) is 1.57. The smallest absolute Gasteiger partial charge is 0.133 e. The number of aliphatic hydroxyl groups is 1. The molecule has 0 amide bonds. The molecule has 0 aliphatic carbocycles. The van der Waals surface area contributed by atoms with Crippen molar-refractivity contribution in [2.75, 3.05) is 7.11 Å². The zero-order valence-corrected chi connectivity index (χ0v) is 11.0. The summed E-state index contributed by atoms with van der Waals surface area (Å²) in [6, 6.07) is 5.90. The highest BCUT2D eigenvalue weighted by Gasteiger charge is 2.03. The van der Waals surface area contributed by atoms with Crippen molar-refractivity contribution < 1.29 is 9.84 Å². The second kappa shape index (κ2) is 5.33. The highest BCUT2D eigenvalue weighted by molar-refractivity contribution is 9.10. The molecule has 0 fully saturated rings. The van der Waals surface area contributed by atoms with E-state index >= 15 is 0 Å². The Bertz CT molecular complexity index is 511. The van der Waals surface area contributed by atoms with Crippen LogP contribution in [0.5, 0.6) is 5.75 Å². The molecule has 0 saturated carbocycles. The first-order valence-corrected chi connectivity index (χ1v) is 5.97. The molecule has 0 spiro atoms. The molecule has 0 aliphatic heterocycles. The quantitative estimate of drug-likeness (QED) is 0.941. The molecule has 1 heterocycles. The largest absolute Gasteiger partial charge is 0.496 e. The second-order valence-electron chi connectivity index (χ2n) is 3.67. The van der Waals surface area contributed by atoms with Crippen LogP contribution in [0, 0.1) is 0 Å². The fraction of sp³-hybridized carbons (Fsp3) is 0.250. The molecular weight excluding hydrogens is 284 g/mol. The molecule has 1 aromatic carbocycles. The summed E-state index contributed by atoms with van der Waals surface area (Å²) >= 11 is 3.44. The van der Waals surface area contributed by atoms with Crippen LogP contribution in [0.15, 0.2) is 35.1 Å². The number of halogens is 1. The van der Waals surface area contributed by atoms with Crippen molar-refractivity contribution in [2.45, 2.75) is 13.2 Å². The zero-order chi connectivity index (χ0) is 12.3. The molecule has 1 N–H and O–H groups in total. The van der Waals surface area contributed by atoms with Gasteiger partial charge in [0.15, 0.2) is 0 Å². The molecule has 17 heavy (non-hydrogen) atoms. The predicted octanol–water partition coefficient (Wildman–Crippen LogP) is 2.19.